The molecule has 0 bridgehead atoms. The van der Waals surface area contributed by atoms with Crippen LogP contribution in [0.25, 0.3) is 11.0 Å². The predicted octanol–water partition coefficient (Wildman–Crippen LogP) is 2.84. The number of nitrogens with two attached hydrogens (primary N) is 1. The van der Waals surface area contributed by atoms with Crippen LogP contribution in [0.3, 0.4) is 0 Å². The molecule has 0 amide bonds. The van der Waals surface area contributed by atoms with Crippen molar-refractivity contribution in [3.63, 3.8) is 0 Å². The van der Waals surface area contributed by atoms with Gasteiger partial charge in [0, 0.05) is 13.1 Å². The zero-order chi connectivity index (χ0) is 13.5. The SMILES string of the molecule is CC1(C)CCN(c2nc3ccccc3nc2N)CC1. The number of hydrogen-bond acceptors (Lipinski definition) is 4. The fourth-order valence-electron chi connectivity index (χ4n) is 2.56. The van der Waals surface area contributed by atoms with Crippen molar-refractivity contribution in [2.75, 3.05) is 23.7 Å². The summed E-state index contributed by atoms with van der Waals surface area (Å²) in [6.45, 7) is 6.65. The van der Waals surface area contributed by atoms with Crippen LogP contribution in [0.2, 0.25) is 0 Å². The Labute approximate surface area is 113 Å². The molecule has 1 aliphatic rings. The maximum Gasteiger partial charge on any atom is 0.172 e. The van der Waals surface area contributed by atoms with E-state index < -0.39 is 0 Å². The van der Waals surface area contributed by atoms with Gasteiger partial charge < -0.3 is 10.6 Å². The number of fused-ring (bicyclic) bond motifs is 1. The number of piperidine rings is 1. The third-order valence-electron chi connectivity index (χ3n) is 3.99. The van der Waals surface area contributed by atoms with E-state index in [0.29, 0.717) is 11.2 Å². The number of nitrogen functional groups attached to an aromatic ring is 1. The summed E-state index contributed by atoms with van der Waals surface area (Å²) in [6, 6.07) is 7.87. The Morgan fingerprint density at radius 3 is 2.26 bits per heavy atom. The summed E-state index contributed by atoms with van der Waals surface area (Å²) < 4.78 is 0. The Balaban J connectivity index is 1.95. The number of nitrogens with zero attached hydrogens (tertiary/aromatic N) is 3. The van der Waals surface area contributed by atoms with Crippen molar-refractivity contribution in [3.05, 3.63) is 24.3 Å². The van der Waals surface area contributed by atoms with Gasteiger partial charge in [-0.2, -0.15) is 0 Å². The second-order valence-electron chi connectivity index (χ2n) is 6.07. The summed E-state index contributed by atoms with van der Waals surface area (Å²) in [6.07, 6.45) is 2.34. The van der Waals surface area contributed by atoms with Gasteiger partial charge in [0.15, 0.2) is 11.6 Å². The molecule has 19 heavy (non-hydrogen) atoms. The largest absolute Gasteiger partial charge is 0.381 e. The van der Waals surface area contributed by atoms with Gasteiger partial charge in [0.1, 0.15) is 0 Å². The lowest BCUT2D eigenvalue weighted by Crippen LogP contribution is -2.38. The fourth-order valence-corrected chi connectivity index (χ4v) is 2.56. The molecule has 0 unspecified atom stereocenters. The second kappa shape index (κ2) is 4.37. The van der Waals surface area contributed by atoms with Crippen LogP contribution in [-0.4, -0.2) is 23.1 Å². The highest BCUT2D eigenvalue weighted by molar-refractivity contribution is 5.79. The summed E-state index contributed by atoms with van der Waals surface area (Å²) in [7, 11) is 0. The number of benzene rings is 1. The van der Waals surface area contributed by atoms with Crippen LogP contribution in [0, 0.1) is 5.41 Å². The third-order valence-corrected chi connectivity index (χ3v) is 3.99. The molecule has 0 spiro atoms. The molecule has 2 N–H and O–H groups in total. The van der Waals surface area contributed by atoms with Crippen LogP contribution in [0.4, 0.5) is 11.6 Å². The van der Waals surface area contributed by atoms with Gasteiger partial charge in [0.05, 0.1) is 11.0 Å². The van der Waals surface area contributed by atoms with E-state index in [4.69, 9.17) is 5.73 Å². The molecular formula is C15H20N4. The first kappa shape index (κ1) is 12.2. The van der Waals surface area contributed by atoms with Gasteiger partial charge in [-0.15, -0.1) is 0 Å². The molecule has 0 aliphatic carbocycles. The number of para-hydroxylation sites is 2. The maximum atomic E-state index is 6.07. The Kier molecular flexibility index (Phi) is 2.81. The highest BCUT2D eigenvalue weighted by atomic mass is 15.2. The van der Waals surface area contributed by atoms with Gasteiger partial charge in [-0.25, -0.2) is 9.97 Å². The maximum absolute atomic E-state index is 6.07. The average molecular weight is 256 g/mol. The second-order valence-corrected chi connectivity index (χ2v) is 6.07. The monoisotopic (exact) mass is 256 g/mol. The lowest BCUT2D eigenvalue weighted by molar-refractivity contribution is 0.279. The van der Waals surface area contributed by atoms with E-state index in [1.165, 1.54) is 12.8 Å². The normalized spacial score (nSPS) is 18.7. The number of anilines is 2. The van der Waals surface area contributed by atoms with Crippen LogP contribution in [0.1, 0.15) is 26.7 Å². The van der Waals surface area contributed by atoms with Crippen molar-refractivity contribution in [1.29, 1.82) is 0 Å². The van der Waals surface area contributed by atoms with Crippen LogP contribution < -0.4 is 10.6 Å². The van der Waals surface area contributed by atoms with E-state index in [9.17, 15) is 0 Å². The van der Waals surface area contributed by atoms with E-state index >= 15 is 0 Å². The molecule has 1 aliphatic heterocycles. The van der Waals surface area contributed by atoms with Crippen LogP contribution >= 0.6 is 0 Å². The summed E-state index contributed by atoms with van der Waals surface area (Å²) in [4.78, 5) is 11.4. The van der Waals surface area contributed by atoms with Gasteiger partial charge in [0.25, 0.3) is 0 Å². The van der Waals surface area contributed by atoms with Crippen LogP contribution in [0.5, 0.6) is 0 Å². The predicted molar refractivity (Wildman–Crippen MR) is 79.2 cm³/mol. The van der Waals surface area contributed by atoms with Gasteiger partial charge in [-0.1, -0.05) is 26.0 Å². The highest BCUT2D eigenvalue weighted by Crippen LogP contribution is 2.33. The standard InChI is InChI=1S/C15H20N4/c1-15(2)7-9-19(10-8-15)14-13(16)17-11-5-3-4-6-12(11)18-14/h3-6H,7-10H2,1-2H3,(H2,16,17). The van der Waals surface area contributed by atoms with E-state index in [-0.39, 0.29) is 0 Å². The average Bonchev–Trinajstić information content (AvgIpc) is 2.38. The number of aromatic nitrogens is 2. The van der Waals surface area contributed by atoms with Gasteiger partial charge in [0.2, 0.25) is 0 Å². The van der Waals surface area contributed by atoms with Crippen molar-refractivity contribution in [2.24, 2.45) is 5.41 Å². The Morgan fingerprint density at radius 1 is 1.05 bits per heavy atom. The van der Waals surface area contributed by atoms with Crippen molar-refractivity contribution in [2.45, 2.75) is 26.7 Å². The van der Waals surface area contributed by atoms with Crippen molar-refractivity contribution < 1.29 is 0 Å². The minimum atomic E-state index is 0.426. The first-order chi connectivity index (χ1) is 9.05. The van der Waals surface area contributed by atoms with E-state index in [0.717, 1.165) is 29.9 Å². The van der Waals surface area contributed by atoms with Crippen molar-refractivity contribution in [3.8, 4) is 0 Å². The van der Waals surface area contributed by atoms with Crippen LogP contribution in [-0.2, 0) is 0 Å². The molecular weight excluding hydrogens is 236 g/mol. The van der Waals surface area contributed by atoms with Gasteiger partial charge >= 0.3 is 0 Å². The molecule has 1 aromatic carbocycles. The smallest absolute Gasteiger partial charge is 0.172 e. The summed E-state index contributed by atoms with van der Waals surface area (Å²) in [5.74, 6) is 1.38. The summed E-state index contributed by atoms with van der Waals surface area (Å²) in [5, 5.41) is 0. The highest BCUT2D eigenvalue weighted by Gasteiger charge is 2.27. The van der Waals surface area contributed by atoms with E-state index in [1.807, 2.05) is 24.3 Å². The molecule has 4 nitrogen and oxygen atoms in total. The molecule has 3 rings (SSSR count). The molecule has 2 aromatic rings. The van der Waals surface area contributed by atoms with E-state index in [2.05, 4.69) is 28.7 Å². The lowest BCUT2D eigenvalue weighted by Gasteiger charge is -2.37. The molecule has 1 saturated heterocycles. The van der Waals surface area contributed by atoms with Crippen molar-refractivity contribution in [1.82, 2.24) is 9.97 Å². The molecule has 0 radical (unpaired) electrons. The molecule has 100 valence electrons. The topological polar surface area (TPSA) is 55.0 Å². The van der Waals surface area contributed by atoms with Crippen LogP contribution in [0.15, 0.2) is 24.3 Å². The zero-order valence-corrected chi connectivity index (χ0v) is 11.6. The first-order valence-corrected chi connectivity index (χ1v) is 6.82. The van der Waals surface area contributed by atoms with E-state index in [1.54, 1.807) is 0 Å². The first-order valence-electron chi connectivity index (χ1n) is 6.82. The minimum Gasteiger partial charge on any atom is -0.381 e. The number of rotatable bonds is 1. The summed E-state index contributed by atoms with van der Waals surface area (Å²) in [5.41, 5.74) is 8.27. The quantitative estimate of drug-likeness (QED) is 0.852. The summed E-state index contributed by atoms with van der Waals surface area (Å²) >= 11 is 0. The molecule has 0 saturated carbocycles. The Bertz CT molecular complexity index is 596. The zero-order valence-electron chi connectivity index (χ0n) is 11.6. The minimum absolute atomic E-state index is 0.426. The molecule has 0 atom stereocenters. The molecule has 1 fully saturated rings. The lowest BCUT2D eigenvalue weighted by atomic mass is 9.83. The van der Waals surface area contributed by atoms with Gasteiger partial charge in [-0.05, 0) is 30.4 Å². The molecule has 1 aromatic heterocycles. The molecule has 2 heterocycles. The molecule has 4 heteroatoms. The fraction of sp³-hybridized carbons (Fsp3) is 0.467. The third kappa shape index (κ3) is 2.35. The Morgan fingerprint density at radius 2 is 1.63 bits per heavy atom. The Hall–Kier alpha value is -1.84. The number of hydrogen-bond donors (Lipinski definition) is 1. The van der Waals surface area contributed by atoms with Crippen molar-refractivity contribution >= 4 is 22.7 Å². The van der Waals surface area contributed by atoms with Gasteiger partial charge in [-0.3, -0.25) is 0 Å².